The van der Waals surface area contributed by atoms with Gasteiger partial charge >= 0.3 is 11.9 Å². The first-order valence-corrected chi connectivity index (χ1v) is 5.14. The first-order chi connectivity index (χ1) is 7.59. The van der Waals surface area contributed by atoms with Crippen molar-refractivity contribution in [3.63, 3.8) is 0 Å². The largest absolute Gasteiger partial charge is 0.481 e. The molecule has 1 aromatic rings. The summed E-state index contributed by atoms with van der Waals surface area (Å²) in [7, 11) is 0. The van der Waals surface area contributed by atoms with Gasteiger partial charge in [0.2, 0.25) is 0 Å². The maximum absolute atomic E-state index is 11.1. The average molecular weight is 241 g/mol. The normalized spacial score (nSPS) is 24.2. The Morgan fingerprint density at radius 3 is 2.75 bits per heavy atom. The lowest BCUT2D eigenvalue weighted by Gasteiger charge is -2.15. The second-order valence-electron chi connectivity index (χ2n) is 3.58. The van der Waals surface area contributed by atoms with Crippen molar-refractivity contribution in [2.24, 2.45) is 5.92 Å². The molecule has 2 rings (SSSR count). The van der Waals surface area contributed by atoms with E-state index < -0.39 is 24.0 Å². The molecule has 0 radical (unpaired) electrons. The average Bonchev–Trinajstić information content (AvgIpc) is 2.61. The fraction of sp³-hybridized carbons (Fsp3) is 0.273. The summed E-state index contributed by atoms with van der Waals surface area (Å²) < 4.78 is 5.00. The van der Waals surface area contributed by atoms with Crippen molar-refractivity contribution in [2.45, 2.75) is 12.5 Å². The second-order valence-corrected chi connectivity index (χ2v) is 3.99. The quantitative estimate of drug-likeness (QED) is 0.804. The van der Waals surface area contributed by atoms with Gasteiger partial charge in [-0.3, -0.25) is 9.59 Å². The van der Waals surface area contributed by atoms with Gasteiger partial charge in [-0.15, -0.1) is 0 Å². The minimum atomic E-state index is -1.05. The van der Waals surface area contributed by atoms with E-state index in [2.05, 4.69) is 0 Å². The maximum Gasteiger partial charge on any atom is 0.311 e. The van der Waals surface area contributed by atoms with E-state index in [0.29, 0.717) is 10.6 Å². The summed E-state index contributed by atoms with van der Waals surface area (Å²) in [6.45, 7) is 0. The van der Waals surface area contributed by atoms with Crippen LogP contribution >= 0.6 is 11.6 Å². The number of benzene rings is 1. The molecular formula is C11H9ClO4. The number of aliphatic carboxylic acids is 1. The Hall–Kier alpha value is -1.55. The fourth-order valence-corrected chi connectivity index (χ4v) is 2.00. The molecule has 2 atom stereocenters. The molecule has 0 aromatic heterocycles. The van der Waals surface area contributed by atoms with Gasteiger partial charge in [0, 0.05) is 10.6 Å². The summed E-state index contributed by atoms with van der Waals surface area (Å²) in [4.78, 5) is 22.1. The van der Waals surface area contributed by atoms with Crippen molar-refractivity contribution in [1.82, 2.24) is 0 Å². The third-order valence-corrected chi connectivity index (χ3v) is 2.88. The predicted octanol–water partition coefficient (Wildman–Crippen LogP) is 2.03. The van der Waals surface area contributed by atoms with E-state index in [0.717, 1.165) is 0 Å². The monoisotopic (exact) mass is 240 g/mol. The molecule has 0 aliphatic carbocycles. The molecule has 0 amide bonds. The fourth-order valence-electron chi connectivity index (χ4n) is 1.76. The van der Waals surface area contributed by atoms with E-state index in [4.69, 9.17) is 21.4 Å². The number of carboxylic acid groups (broad SMARTS) is 1. The second kappa shape index (κ2) is 4.14. The van der Waals surface area contributed by atoms with Crippen LogP contribution in [0.5, 0.6) is 0 Å². The number of esters is 1. The number of carbonyl (C=O) groups excluding carboxylic acids is 1. The highest BCUT2D eigenvalue weighted by atomic mass is 35.5. The highest BCUT2D eigenvalue weighted by Crippen LogP contribution is 2.38. The van der Waals surface area contributed by atoms with Crippen molar-refractivity contribution in [3.05, 3.63) is 34.9 Å². The minimum absolute atomic E-state index is 0.106. The summed E-state index contributed by atoms with van der Waals surface area (Å²) >= 11 is 5.94. The number of ether oxygens (including phenoxy) is 1. The zero-order valence-electron chi connectivity index (χ0n) is 8.22. The van der Waals surface area contributed by atoms with Gasteiger partial charge < -0.3 is 9.84 Å². The van der Waals surface area contributed by atoms with Crippen LogP contribution in [0.15, 0.2) is 24.3 Å². The van der Waals surface area contributed by atoms with Crippen LogP contribution in [0.4, 0.5) is 0 Å². The molecule has 1 heterocycles. The standard InChI is InChI=1S/C11H9ClO4/c12-8-4-2-1-3-6(8)10-7(11(14)15)5-9(13)16-10/h1-4,7,10H,5H2,(H,14,15)/t7-,10-/m0/s1. The maximum atomic E-state index is 11.1. The van der Waals surface area contributed by atoms with Gasteiger partial charge in [0.25, 0.3) is 0 Å². The molecule has 0 spiro atoms. The molecule has 1 aromatic carbocycles. The van der Waals surface area contributed by atoms with E-state index in [1.54, 1.807) is 24.3 Å². The predicted molar refractivity (Wildman–Crippen MR) is 56.0 cm³/mol. The van der Waals surface area contributed by atoms with Gasteiger partial charge in [-0.2, -0.15) is 0 Å². The molecule has 0 bridgehead atoms. The van der Waals surface area contributed by atoms with Gasteiger partial charge in [-0.25, -0.2) is 0 Å². The Kier molecular flexibility index (Phi) is 2.83. The molecule has 1 fully saturated rings. The van der Waals surface area contributed by atoms with Gasteiger partial charge in [0.15, 0.2) is 0 Å². The highest BCUT2D eigenvalue weighted by molar-refractivity contribution is 6.31. The van der Waals surface area contributed by atoms with Crippen LogP contribution in [0.1, 0.15) is 18.1 Å². The Morgan fingerprint density at radius 1 is 1.44 bits per heavy atom. The van der Waals surface area contributed by atoms with E-state index in [-0.39, 0.29) is 6.42 Å². The summed E-state index contributed by atoms with van der Waals surface area (Å²) in [5.74, 6) is -2.40. The van der Waals surface area contributed by atoms with E-state index in [9.17, 15) is 9.59 Å². The summed E-state index contributed by atoms with van der Waals surface area (Å²) in [6, 6.07) is 6.77. The van der Waals surface area contributed by atoms with Gasteiger partial charge in [0.1, 0.15) is 12.0 Å². The molecule has 1 aliphatic rings. The Labute approximate surface area is 96.8 Å². The number of carbonyl (C=O) groups is 2. The molecule has 4 nitrogen and oxygen atoms in total. The lowest BCUT2D eigenvalue weighted by Crippen LogP contribution is -2.17. The Bertz CT molecular complexity index is 443. The molecule has 1 N–H and O–H groups in total. The zero-order chi connectivity index (χ0) is 11.7. The number of rotatable bonds is 2. The number of hydrogen-bond acceptors (Lipinski definition) is 3. The van der Waals surface area contributed by atoms with Crippen LogP contribution in [0.3, 0.4) is 0 Å². The lowest BCUT2D eigenvalue weighted by atomic mass is 9.95. The van der Waals surface area contributed by atoms with Gasteiger partial charge in [-0.05, 0) is 6.07 Å². The van der Waals surface area contributed by atoms with Crippen LogP contribution in [0, 0.1) is 5.92 Å². The summed E-state index contributed by atoms with van der Waals surface area (Å²) in [6.07, 6.45) is -0.885. The first-order valence-electron chi connectivity index (χ1n) is 4.76. The molecule has 84 valence electrons. The molecule has 1 aliphatic heterocycles. The van der Waals surface area contributed by atoms with Crippen LogP contribution in [0.2, 0.25) is 5.02 Å². The van der Waals surface area contributed by atoms with Crippen molar-refractivity contribution < 1.29 is 19.4 Å². The number of halogens is 1. The van der Waals surface area contributed by atoms with Crippen LogP contribution in [-0.4, -0.2) is 17.0 Å². The number of carboxylic acids is 1. The van der Waals surface area contributed by atoms with E-state index >= 15 is 0 Å². The van der Waals surface area contributed by atoms with Crippen LogP contribution in [0.25, 0.3) is 0 Å². The summed E-state index contributed by atoms with van der Waals surface area (Å²) in [5.41, 5.74) is 0.544. The molecule has 0 unspecified atom stereocenters. The number of hydrogen-bond donors (Lipinski definition) is 1. The van der Waals surface area contributed by atoms with Gasteiger partial charge in [-0.1, -0.05) is 29.8 Å². The SMILES string of the molecule is O=C1C[C@H](C(=O)O)[C@H](c2ccccc2Cl)O1. The van der Waals surface area contributed by atoms with Gasteiger partial charge in [0.05, 0.1) is 6.42 Å². The third kappa shape index (κ3) is 1.88. The summed E-state index contributed by atoms with van der Waals surface area (Å²) in [5, 5.41) is 9.39. The topological polar surface area (TPSA) is 63.6 Å². The molecule has 16 heavy (non-hydrogen) atoms. The molecular weight excluding hydrogens is 232 g/mol. The lowest BCUT2D eigenvalue weighted by molar-refractivity contribution is -0.144. The number of cyclic esters (lactones) is 1. The van der Waals surface area contributed by atoms with E-state index in [1.807, 2.05) is 0 Å². The smallest absolute Gasteiger partial charge is 0.311 e. The molecule has 0 saturated carbocycles. The molecule has 5 heteroatoms. The van der Waals surface area contributed by atoms with Crippen molar-refractivity contribution >= 4 is 23.5 Å². The zero-order valence-corrected chi connectivity index (χ0v) is 8.98. The Balaban J connectivity index is 2.36. The van der Waals surface area contributed by atoms with Crippen molar-refractivity contribution in [3.8, 4) is 0 Å². The van der Waals surface area contributed by atoms with Crippen molar-refractivity contribution in [1.29, 1.82) is 0 Å². The minimum Gasteiger partial charge on any atom is -0.481 e. The van der Waals surface area contributed by atoms with Crippen LogP contribution < -0.4 is 0 Å². The van der Waals surface area contributed by atoms with Crippen molar-refractivity contribution in [2.75, 3.05) is 0 Å². The van der Waals surface area contributed by atoms with Crippen LogP contribution in [-0.2, 0) is 14.3 Å². The molecule has 1 saturated heterocycles. The highest BCUT2D eigenvalue weighted by Gasteiger charge is 2.41. The third-order valence-electron chi connectivity index (χ3n) is 2.54. The van der Waals surface area contributed by atoms with E-state index in [1.165, 1.54) is 0 Å². The Morgan fingerprint density at radius 2 is 2.12 bits per heavy atom. The first kappa shape index (κ1) is 11.0.